The number of nitrogens with zero attached hydrogens (tertiary/aromatic N) is 2. The third kappa shape index (κ3) is 3.69. The van der Waals surface area contributed by atoms with E-state index in [2.05, 4.69) is 19.2 Å². The highest BCUT2D eigenvalue weighted by molar-refractivity contribution is 6.09. The molecule has 2 aliphatic rings. The molecule has 0 aromatic heterocycles. The molecule has 1 aromatic rings. The number of carbonyl (C=O) groups is 3. The molecule has 0 spiro atoms. The molecule has 0 aliphatic carbocycles. The first kappa shape index (κ1) is 19.4. The molecule has 146 valence electrons. The molecule has 2 atom stereocenters. The minimum absolute atomic E-state index is 0.0458. The van der Waals surface area contributed by atoms with Crippen molar-refractivity contribution in [2.45, 2.75) is 45.3 Å². The second-order valence-corrected chi connectivity index (χ2v) is 7.74. The predicted molar refractivity (Wildman–Crippen MR) is 100 cm³/mol. The van der Waals surface area contributed by atoms with E-state index in [1.807, 2.05) is 31.2 Å². The van der Waals surface area contributed by atoms with Gasteiger partial charge in [-0.05, 0) is 30.9 Å². The van der Waals surface area contributed by atoms with Crippen molar-refractivity contribution in [3.05, 3.63) is 35.4 Å². The summed E-state index contributed by atoms with van der Waals surface area (Å²) in [6.07, 6.45) is -0.0458. The summed E-state index contributed by atoms with van der Waals surface area (Å²) >= 11 is 0. The lowest BCUT2D eigenvalue weighted by Gasteiger charge is -2.32. The minimum Gasteiger partial charge on any atom is -0.375 e. The molecule has 1 aromatic carbocycles. The second kappa shape index (κ2) is 7.31. The number of urea groups is 1. The van der Waals surface area contributed by atoms with Crippen LogP contribution < -0.4 is 5.32 Å². The maximum absolute atomic E-state index is 13.0. The van der Waals surface area contributed by atoms with Crippen LogP contribution in [0.1, 0.15) is 44.7 Å². The number of imide groups is 1. The maximum Gasteiger partial charge on any atom is 0.325 e. The molecule has 0 bridgehead atoms. The molecule has 2 aliphatic heterocycles. The van der Waals surface area contributed by atoms with Crippen molar-refractivity contribution in [2.75, 3.05) is 26.2 Å². The van der Waals surface area contributed by atoms with Crippen LogP contribution in [-0.2, 0) is 19.9 Å². The fourth-order valence-corrected chi connectivity index (χ4v) is 3.52. The highest BCUT2D eigenvalue weighted by Crippen LogP contribution is 2.30. The van der Waals surface area contributed by atoms with Crippen LogP contribution in [0.5, 0.6) is 0 Å². The Morgan fingerprint density at radius 3 is 2.56 bits per heavy atom. The molecule has 0 unspecified atom stereocenters. The molecule has 7 nitrogen and oxygen atoms in total. The highest BCUT2D eigenvalue weighted by Gasteiger charge is 2.49. The molecule has 1 N–H and O–H groups in total. The highest BCUT2D eigenvalue weighted by atomic mass is 16.5. The van der Waals surface area contributed by atoms with Crippen molar-refractivity contribution in [3.63, 3.8) is 0 Å². The summed E-state index contributed by atoms with van der Waals surface area (Å²) in [5.41, 5.74) is 0.707. The van der Waals surface area contributed by atoms with Gasteiger partial charge in [-0.2, -0.15) is 0 Å². The van der Waals surface area contributed by atoms with Gasteiger partial charge >= 0.3 is 6.03 Å². The van der Waals surface area contributed by atoms with Crippen LogP contribution >= 0.6 is 0 Å². The zero-order chi connectivity index (χ0) is 19.8. The van der Waals surface area contributed by atoms with Crippen molar-refractivity contribution in [2.24, 2.45) is 0 Å². The largest absolute Gasteiger partial charge is 0.375 e. The van der Waals surface area contributed by atoms with Crippen LogP contribution in [0.2, 0.25) is 0 Å². The fourth-order valence-electron chi connectivity index (χ4n) is 3.52. The summed E-state index contributed by atoms with van der Waals surface area (Å²) in [5.74, 6) is -0.265. The van der Waals surface area contributed by atoms with Gasteiger partial charge in [0.1, 0.15) is 12.1 Å². The topological polar surface area (TPSA) is 79.0 Å². The molecule has 7 heteroatoms. The monoisotopic (exact) mass is 373 g/mol. The Labute approximate surface area is 159 Å². The van der Waals surface area contributed by atoms with Crippen molar-refractivity contribution >= 4 is 17.8 Å². The van der Waals surface area contributed by atoms with Crippen molar-refractivity contribution in [1.29, 1.82) is 0 Å². The van der Waals surface area contributed by atoms with Gasteiger partial charge in [-0.1, -0.05) is 38.1 Å². The lowest BCUT2D eigenvalue weighted by atomic mass is 9.90. The Hall–Kier alpha value is -2.41. The lowest BCUT2D eigenvalue weighted by molar-refractivity contribution is -0.143. The standard InChI is InChI=1S/C20H27N3O4/c1-13(2)15-5-7-16(8-6-15)20(4)18(25)23(19(26)21-20)12-17(24)22-9-10-27-14(3)11-22/h5-8,13-14H,9-12H2,1-4H3,(H,21,26)/t14-,20+/m0/s1. The van der Waals surface area contributed by atoms with Gasteiger partial charge in [-0.25, -0.2) is 4.79 Å². The van der Waals surface area contributed by atoms with Gasteiger partial charge in [0.05, 0.1) is 12.7 Å². The molecule has 4 amide bonds. The van der Waals surface area contributed by atoms with Gasteiger partial charge < -0.3 is 15.0 Å². The van der Waals surface area contributed by atoms with E-state index in [0.29, 0.717) is 31.2 Å². The SMILES string of the molecule is CC(C)c1ccc([C@@]2(C)NC(=O)N(CC(=O)N3CCO[C@@H](C)C3)C2=O)cc1. The predicted octanol–water partition coefficient (Wildman–Crippen LogP) is 1.82. The average Bonchev–Trinajstić information content (AvgIpc) is 2.86. The van der Waals surface area contributed by atoms with Gasteiger partial charge in [0.15, 0.2) is 0 Å². The zero-order valence-corrected chi connectivity index (χ0v) is 16.3. The number of hydrogen-bond acceptors (Lipinski definition) is 4. The number of ether oxygens (including phenoxy) is 1. The third-order valence-electron chi connectivity index (χ3n) is 5.32. The van der Waals surface area contributed by atoms with E-state index >= 15 is 0 Å². The van der Waals surface area contributed by atoms with Gasteiger partial charge in [0.25, 0.3) is 5.91 Å². The molecule has 2 fully saturated rings. The first-order valence-corrected chi connectivity index (χ1v) is 9.36. The average molecular weight is 373 g/mol. The van der Waals surface area contributed by atoms with Crippen molar-refractivity contribution in [1.82, 2.24) is 15.1 Å². The van der Waals surface area contributed by atoms with Crippen LogP contribution in [0.15, 0.2) is 24.3 Å². The molecule has 2 saturated heterocycles. The number of rotatable bonds is 4. The molecule has 27 heavy (non-hydrogen) atoms. The Morgan fingerprint density at radius 2 is 1.96 bits per heavy atom. The summed E-state index contributed by atoms with van der Waals surface area (Å²) in [5, 5.41) is 2.75. The van der Waals surface area contributed by atoms with E-state index in [9.17, 15) is 14.4 Å². The quantitative estimate of drug-likeness (QED) is 0.817. The molecule has 3 rings (SSSR count). The fraction of sp³-hybridized carbons (Fsp3) is 0.550. The Kier molecular flexibility index (Phi) is 5.24. The van der Waals surface area contributed by atoms with Gasteiger partial charge in [0, 0.05) is 13.1 Å². The molecule has 0 radical (unpaired) electrons. The molecular weight excluding hydrogens is 346 g/mol. The Balaban J connectivity index is 1.74. The number of amides is 4. The summed E-state index contributed by atoms with van der Waals surface area (Å²) in [6.45, 7) is 8.92. The van der Waals surface area contributed by atoms with E-state index in [0.717, 1.165) is 10.5 Å². The molecular formula is C20H27N3O4. The first-order chi connectivity index (χ1) is 12.7. The van der Waals surface area contributed by atoms with Gasteiger partial charge in [-0.15, -0.1) is 0 Å². The van der Waals surface area contributed by atoms with Crippen LogP contribution in [0.3, 0.4) is 0 Å². The lowest BCUT2D eigenvalue weighted by Crippen LogP contribution is -2.49. The van der Waals surface area contributed by atoms with E-state index < -0.39 is 17.5 Å². The normalized spacial score (nSPS) is 25.9. The number of benzene rings is 1. The minimum atomic E-state index is -1.16. The van der Waals surface area contributed by atoms with Crippen LogP contribution in [0.4, 0.5) is 4.79 Å². The van der Waals surface area contributed by atoms with Gasteiger partial charge in [-0.3, -0.25) is 14.5 Å². The summed E-state index contributed by atoms with van der Waals surface area (Å²) in [7, 11) is 0. The Bertz CT molecular complexity index is 746. The van der Waals surface area contributed by atoms with Crippen LogP contribution in [0.25, 0.3) is 0 Å². The number of morpholine rings is 1. The Morgan fingerprint density at radius 1 is 1.30 bits per heavy atom. The van der Waals surface area contributed by atoms with Crippen molar-refractivity contribution < 1.29 is 19.1 Å². The van der Waals surface area contributed by atoms with Crippen molar-refractivity contribution in [3.8, 4) is 0 Å². The van der Waals surface area contributed by atoms with E-state index in [-0.39, 0.29) is 18.6 Å². The molecule has 0 saturated carbocycles. The van der Waals surface area contributed by atoms with E-state index in [1.54, 1.807) is 11.8 Å². The molecule has 2 heterocycles. The smallest absolute Gasteiger partial charge is 0.325 e. The van der Waals surface area contributed by atoms with E-state index in [1.165, 1.54) is 0 Å². The van der Waals surface area contributed by atoms with Crippen LogP contribution in [-0.4, -0.2) is 60.0 Å². The first-order valence-electron chi connectivity index (χ1n) is 9.36. The number of carbonyl (C=O) groups excluding carboxylic acids is 3. The summed E-state index contributed by atoms with van der Waals surface area (Å²) in [6, 6.07) is 7.12. The summed E-state index contributed by atoms with van der Waals surface area (Å²) in [4.78, 5) is 40.6. The second-order valence-electron chi connectivity index (χ2n) is 7.74. The van der Waals surface area contributed by atoms with Gasteiger partial charge in [0.2, 0.25) is 5.91 Å². The third-order valence-corrected chi connectivity index (χ3v) is 5.32. The van der Waals surface area contributed by atoms with E-state index in [4.69, 9.17) is 4.74 Å². The number of nitrogens with one attached hydrogen (secondary N) is 1. The maximum atomic E-state index is 13.0. The zero-order valence-electron chi connectivity index (χ0n) is 16.3. The number of hydrogen-bond donors (Lipinski definition) is 1. The summed E-state index contributed by atoms with van der Waals surface area (Å²) < 4.78 is 5.43. The van der Waals surface area contributed by atoms with Crippen LogP contribution in [0, 0.1) is 0 Å².